The summed E-state index contributed by atoms with van der Waals surface area (Å²) in [5.74, 6) is 0.108. The van der Waals surface area contributed by atoms with Gasteiger partial charge in [0.2, 0.25) is 5.82 Å². The maximum absolute atomic E-state index is 15.3. The summed E-state index contributed by atoms with van der Waals surface area (Å²) in [5.41, 5.74) is -0.0505. The molecular weight excluding hydrogens is 438 g/mol. The van der Waals surface area contributed by atoms with E-state index in [0.717, 1.165) is 57.2 Å². The zero-order valence-electron chi connectivity index (χ0n) is 18.2. The fraction of sp³-hybridized carbons (Fsp3) is 0.522. The molecule has 2 heterocycles. The predicted octanol–water partition coefficient (Wildman–Crippen LogP) is 4.13. The van der Waals surface area contributed by atoms with Gasteiger partial charge < -0.3 is 15.0 Å². The third-order valence-electron chi connectivity index (χ3n) is 6.26. The fourth-order valence-electron chi connectivity index (χ4n) is 4.16. The van der Waals surface area contributed by atoms with Gasteiger partial charge in [-0.3, -0.25) is 4.90 Å². The van der Waals surface area contributed by atoms with Crippen molar-refractivity contribution >= 4 is 17.9 Å². The summed E-state index contributed by atoms with van der Waals surface area (Å²) >= 11 is 0. The molecule has 0 bridgehead atoms. The van der Waals surface area contributed by atoms with Crippen molar-refractivity contribution in [2.24, 2.45) is 5.92 Å². The van der Waals surface area contributed by atoms with Crippen molar-refractivity contribution in [3.63, 3.8) is 0 Å². The number of hydrogen-bond acceptors (Lipinski definition) is 6. The van der Waals surface area contributed by atoms with E-state index in [4.69, 9.17) is 0 Å². The lowest BCUT2D eigenvalue weighted by Gasteiger charge is -2.30. The molecule has 2 aliphatic rings. The number of carbonyl (C=O) groups excluding carboxylic acids is 1. The summed E-state index contributed by atoms with van der Waals surface area (Å²) in [6.45, 7) is 2.96. The first-order chi connectivity index (χ1) is 15.8. The molecule has 1 N–H and O–H groups in total. The van der Waals surface area contributed by atoms with Gasteiger partial charge in [-0.2, -0.15) is 17.6 Å². The van der Waals surface area contributed by atoms with Crippen LogP contribution in [0.2, 0.25) is 0 Å². The van der Waals surface area contributed by atoms with Crippen LogP contribution in [0.3, 0.4) is 0 Å². The SMILES string of the molecule is O=CCN1CCC(CNc2ncnc(N(Cc3ccc(C(F)(F)F)cc3)C3CC3)c2F)CC1. The van der Waals surface area contributed by atoms with E-state index in [1.165, 1.54) is 18.5 Å². The van der Waals surface area contributed by atoms with Crippen molar-refractivity contribution in [2.45, 2.75) is 44.4 Å². The Bertz CT molecular complexity index is 941. The molecule has 2 aromatic rings. The van der Waals surface area contributed by atoms with E-state index in [1.807, 2.05) is 4.90 Å². The lowest BCUT2D eigenvalue weighted by atomic mass is 9.97. The van der Waals surface area contributed by atoms with Gasteiger partial charge in [-0.15, -0.1) is 0 Å². The first-order valence-electron chi connectivity index (χ1n) is 11.2. The molecule has 0 unspecified atom stereocenters. The number of aromatic nitrogens is 2. The van der Waals surface area contributed by atoms with Crippen LogP contribution in [0.1, 0.15) is 36.8 Å². The third-order valence-corrected chi connectivity index (χ3v) is 6.26. The average molecular weight is 465 g/mol. The van der Waals surface area contributed by atoms with Crippen LogP contribution in [0.25, 0.3) is 0 Å². The number of hydrogen-bond donors (Lipinski definition) is 1. The number of benzene rings is 1. The lowest BCUT2D eigenvalue weighted by Crippen LogP contribution is -2.37. The highest BCUT2D eigenvalue weighted by Gasteiger charge is 2.33. The molecule has 0 atom stereocenters. The number of halogens is 4. The van der Waals surface area contributed by atoms with Crippen molar-refractivity contribution in [1.82, 2.24) is 14.9 Å². The normalized spacial score (nSPS) is 17.7. The van der Waals surface area contributed by atoms with Crippen LogP contribution in [-0.4, -0.2) is 53.4 Å². The second-order valence-corrected chi connectivity index (χ2v) is 8.71. The Kier molecular flexibility index (Phi) is 7.11. The van der Waals surface area contributed by atoms with Crippen LogP contribution in [0.5, 0.6) is 0 Å². The smallest absolute Gasteiger partial charge is 0.367 e. The van der Waals surface area contributed by atoms with Gasteiger partial charge in [-0.25, -0.2) is 9.97 Å². The topological polar surface area (TPSA) is 61.4 Å². The van der Waals surface area contributed by atoms with E-state index in [-0.39, 0.29) is 24.2 Å². The van der Waals surface area contributed by atoms with Crippen molar-refractivity contribution in [2.75, 3.05) is 36.4 Å². The zero-order valence-corrected chi connectivity index (χ0v) is 18.2. The number of piperidine rings is 1. The molecule has 4 rings (SSSR count). The number of rotatable bonds is 9. The molecule has 178 valence electrons. The molecule has 1 aliphatic carbocycles. The first kappa shape index (κ1) is 23.4. The Balaban J connectivity index is 1.42. The number of carbonyl (C=O) groups is 1. The highest BCUT2D eigenvalue weighted by molar-refractivity contribution is 5.53. The van der Waals surface area contributed by atoms with Gasteiger partial charge in [-0.05, 0) is 62.4 Å². The molecule has 1 saturated heterocycles. The highest BCUT2D eigenvalue weighted by atomic mass is 19.4. The Morgan fingerprint density at radius 2 is 1.79 bits per heavy atom. The standard InChI is InChI=1S/C23H27F4N5O/c24-20-21(28-13-16-7-9-31(10-8-16)11-12-33)29-15-30-22(20)32(19-5-6-19)14-17-1-3-18(4-2-17)23(25,26)27/h1-4,12,15-16,19H,5-11,13-14H2,(H,28,29,30). The van der Waals surface area contributed by atoms with Crippen LogP contribution < -0.4 is 10.2 Å². The van der Waals surface area contributed by atoms with E-state index in [9.17, 15) is 18.0 Å². The average Bonchev–Trinajstić information content (AvgIpc) is 3.63. The van der Waals surface area contributed by atoms with Gasteiger partial charge in [0.1, 0.15) is 12.6 Å². The Morgan fingerprint density at radius 1 is 1.09 bits per heavy atom. The summed E-state index contributed by atoms with van der Waals surface area (Å²) in [7, 11) is 0. The molecule has 0 spiro atoms. The van der Waals surface area contributed by atoms with Crippen molar-refractivity contribution < 1.29 is 22.4 Å². The van der Waals surface area contributed by atoms with Gasteiger partial charge in [-0.1, -0.05) is 12.1 Å². The van der Waals surface area contributed by atoms with Crippen LogP contribution in [0.4, 0.5) is 29.2 Å². The molecule has 0 radical (unpaired) electrons. The van der Waals surface area contributed by atoms with Crippen LogP contribution in [0, 0.1) is 11.7 Å². The minimum absolute atomic E-state index is 0.103. The maximum atomic E-state index is 15.3. The van der Waals surface area contributed by atoms with Crippen molar-refractivity contribution in [3.8, 4) is 0 Å². The number of aldehydes is 1. The Morgan fingerprint density at radius 3 is 2.39 bits per heavy atom. The quantitative estimate of drug-likeness (QED) is 0.444. The molecule has 2 fully saturated rings. The van der Waals surface area contributed by atoms with Crippen LogP contribution >= 0.6 is 0 Å². The second kappa shape index (κ2) is 10.0. The molecule has 1 saturated carbocycles. The minimum atomic E-state index is -4.39. The van der Waals surface area contributed by atoms with Crippen molar-refractivity contribution in [1.29, 1.82) is 0 Å². The van der Waals surface area contributed by atoms with Gasteiger partial charge >= 0.3 is 6.18 Å². The zero-order chi connectivity index (χ0) is 23.4. The summed E-state index contributed by atoms with van der Waals surface area (Å²) in [6, 6.07) is 5.04. The molecule has 0 amide bonds. The lowest BCUT2D eigenvalue weighted by molar-refractivity contribution is -0.137. The number of nitrogens with zero attached hydrogens (tertiary/aromatic N) is 4. The molecule has 33 heavy (non-hydrogen) atoms. The number of anilines is 2. The molecule has 1 aromatic carbocycles. The largest absolute Gasteiger partial charge is 0.416 e. The van der Waals surface area contributed by atoms with Gasteiger partial charge in [0.15, 0.2) is 11.6 Å². The molecule has 10 heteroatoms. The summed E-state index contributed by atoms with van der Waals surface area (Å²) < 4.78 is 53.9. The van der Waals surface area contributed by atoms with Gasteiger partial charge in [0, 0.05) is 19.1 Å². The highest BCUT2D eigenvalue weighted by Crippen LogP contribution is 2.35. The van der Waals surface area contributed by atoms with E-state index >= 15 is 4.39 Å². The van der Waals surface area contributed by atoms with Gasteiger partial charge in [0.05, 0.1) is 12.1 Å². The summed E-state index contributed by atoms with van der Waals surface area (Å²) in [6.07, 6.45) is 1.44. The maximum Gasteiger partial charge on any atom is 0.416 e. The van der Waals surface area contributed by atoms with E-state index < -0.39 is 17.6 Å². The monoisotopic (exact) mass is 465 g/mol. The van der Waals surface area contributed by atoms with E-state index in [2.05, 4.69) is 20.2 Å². The second-order valence-electron chi connectivity index (χ2n) is 8.71. The Labute approximate surface area is 190 Å². The molecule has 6 nitrogen and oxygen atoms in total. The van der Waals surface area contributed by atoms with Crippen LogP contribution in [-0.2, 0) is 17.5 Å². The fourth-order valence-corrected chi connectivity index (χ4v) is 4.16. The molecule has 1 aromatic heterocycles. The predicted molar refractivity (Wildman–Crippen MR) is 116 cm³/mol. The number of alkyl halides is 3. The Hall–Kier alpha value is -2.75. The number of likely N-dealkylation sites (tertiary alicyclic amines) is 1. The summed E-state index contributed by atoms with van der Waals surface area (Å²) in [4.78, 5) is 22.8. The van der Waals surface area contributed by atoms with E-state index in [1.54, 1.807) is 0 Å². The third kappa shape index (κ3) is 5.98. The molecule has 1 aliphatic heterocycles. The summed E-state index contributed by atoms with van der Waals surface area (Å²) in [5, 5.41) is 3.11. The molecular formula is C23H27F4N5O. The van der Waals surface area contributed by atoms with Crippen LogP contribution in [0.15, 0.2) is 30.6 Å². The first-order valence-corrected chi connectivity index (χ1v) is 11.2. The van der Waals surface area contributed by atoms with Crippen molar-refractivity contribution in [3.05, 3.63) is 47.5 Å². The minimum Gasteiger partial charge on any atom is -0.367 e. The van der Waals surface area contributed by atoms with E-state index in [0.29, 0.717) is 24.6 Å². The van der Waals surface area contributed by atoms with Gasteiger partial charge in [0.25, 0.3) is 0 Å². The number of nitrogens with one attached hydrogen (secondary N) is 1.